The van der Waals surface area contributed by atoms with E-state index < -0.39 is 6.09 Å². The lowest BCUT2D eigenvalue weighted by atomic mass is 10.2. The van der Waals surface area contributed by atoms with Crippen LogP contribution in [0.1, 0.15) is 25.2 Å². The van der Waals surface area contributed by atoms with Gasteiger partial charge >= 0.3 is 6.09 Å². The third-order valence-electron chi connectivity index (χ3n) is 2.74. The van der Waals surface area contributed by atoms with Crippen molar-refractivity contribution in [1.29, 1.82) is 0 Å². The number of aromatic nitrogens is 1. The Morgan fingerprint density at radius 3 is 3.00 bits per heavy atom. The topological polar surface area (TPSA) is 75.4 Å². The van der Waals surface area contributed by atoms with E-state index in [-0.39, 0.29) is 0 Å². The predicted octanol–water partition coefficient (Wildman–Crippen LogP) is 3.57. The van der Waals surface area contributed by atoms with E-state index in [0.717, 1.165) is 47.1 Å². The Kier molecular flexibility index (Phi) is 4.79. The van der Waals surface area contributed by atoms with Crippen molar-refractivity contribution in [1.82, 2.24) is 10.3 Å². The number of fused-ring (bicyclic) bond motifs is 1. The lowest BCUT2D eigenvalue weighted by Gasteiger charge is -1.99. The maximum atomic E-state index is 10.2. The Hall–Kier alpha value is -1.56. The number of amides is 1. The number of oxazole rings is 1. The van der Waals surface area contributed by atoms with Crippen LogP contribution in [-0.4, -0.2) is 22.7 Å². The number of carboxylic acid groups (broad SMARTS) is 1. The summed E-state index contributed by atoms with van der Waals surface area (Å²) in [6, 6.07) is 5.75. The molecule has 0 atom stereocenters. The minimum absolute atomic E-state index is 0.496. The van der Waals surface area contributed by atoms with Crippen LogP contribution in [0.15, 0.2) is 27.1 Å². The van der Waals surface area contributed by atoms with Crippen LogP contribution in [0.25, 0.3) is 11.1 Å². The average Bonchev–Trinajstić information content (AvgIpc) is 2.75. The number of halogens is 1. The highest BCUT2D eigenvalue weighted by molar-refractivity contribution is 9.10. The molecule has 0 saturated heterocycles. The van der Waals surface area contributed by atoms with Crippen LogP contribution in [0.3, 0.4) is 0 Å². The summed E-state index contributed by atoms with van der Waals surface area (Å²) >= 11 is 3.40. The summed E-state index contributed by atoms with van der Waals surface area (Å²) in [4.78, 5) is 14.7. The molecule has 0 fully saturated rings. The van der Waals surface area contributed by atoms with Gasteiger partial charge in [-0.15, -0.1) is 0 Å². The van der Waals surface area contributed by atoms with Gasteiger partial charge in [-0.05, 0) is 31.0 Å². The van der Waals surface area contributed by atoms with E-state index >= 15 is 0 Å². The molecule has 0 bridgehead atoms. The molecular formula is C13H15BrN2O3. The van der Waals surface area contributed by atoms with Crippen LogP contribution in [0, 0.1) is 0 Å². The molecule has 0 aliphatic rings. The number of nitrogens with one attached hydrogen (secondary N) is 1. The second-order valence-corrected chi connectivity index (χ2v) is 5.18. The van der Waals surface area contributed by atoms with E-state index in [0.29, 0.717) is 6.54 Å². The highest BCUT2D eigenvalue weighted by Gasteiger charge is 2.05. The first-order valence-corrected chi connectivity index (χ1v) is 6.96. The zero-order chi connectivity index (χ0) is 13.7. The zero-order valence-corrected chi connectivity index (χ0v) is 11.9. The molecule has 2 rings (SSSR count). The Bertz CT molecular complexity index is 568. The van der Waals surface area contributed by atoms with Crippen LogP contribution in [0.4, 0.5) is 4.79 Å². The number of benzene rings is 1. The molecule has 0 radical (unpaired) electrons. The fourth-order valence-electron chi connectivity index (χ4n) is 1.83. The van der Waals surface area contributed by atoms with E-state index in [4.69, 9.17) is 9.52 Å². The van der Waals surface area contributed by atoms with Crippen LogP contribution in [0.5, 0.6) is 0 Å². The third kappa shape index (κ3) is 4.24. The summed E-state index contributed by atoms with van der Waals surface area (Å²) in [5, 5.41) is 10.8. The van der Waals surface area contributed by atoms with Crippen molar-refractivity contribution in [3.63, 3.8) is 0 Å². The van der Waals surface area contributed by atoms with Crippen LogP contribution < -0.4 is 5.32 Å². The van der Waals surface area contributed by atoms with E-state index in [1.807, 2.05) is 18.2 Å². The van der Waals surface area contributed by atoms with Crippen molar-refractivity contribution in [3.05, 3.63) is 28.6 Å². The number of rotatable bonds is 6. The minimum Gasteiger partial charge on any atom is -0.465 e. The highest BCUT2D eigenvalue weighted by Crippen LogP contribution is 2.21. The number of unbranched alkanes of at least 4 members (excludes halogenated alkanes) is 2. The van der Waals surface area contributed by atoms with Gasteiger partial charge < -0.3 is 14.8 Å². The molecule has 2 aromatic rings. The first-order valence-electron chi connectivity index (χ1n) is 6.17. The van der Waals surface area contributed by atoms with E-state index in [2.05, 4.69) is 26.2 Å². The fourth-order valence-corrected chi connectivity index (χ4v) is 2.18. The van der Waals surface area contributed by atoms with Gasteiger partial charge in [0.15, 0.2) is 11.5 Å². The third-order valence-corrected chi connectivity index (χ3v) is 3.23. The summed E-state index contributed by atoms with van der Waals surface area (Å²) in [7, 11) is 0. The molecule has 0 aliphatic heterocycles. The summed E-state index contributed by atoms with van der Waals surface area (Å²) in [6.07, 6.45) is 2.53. The molecule has 0 spiro atoms. The van der Waals surface area contributed by atoms with Gasteiger partial charge in [-0.25, -0.2) is 9.78 Å². The van der Waals surface area contributed by atoms with Gasteiger partial charge in [-0.3, -0.25) is 0 Å². The molecular weight excluding hydrogens is 312 g/mol. The smallest absolute Gasteiger partial charge is 0.404 e. The molecule has 1 aromatic carbocycles. The van der Waals surface area contributed by atoms with Crippen molar-refractivity contribution in [2.75, 3.05) is 6.54 Å². The lowest BCUT2D eigenvalue weighted by Crippen LogP contribution is -2.21. The number of hydrogen-bond acceptors (Lipinski definition) is 3. The Labute approximate surface area is 119 Å². The van der Waals surface area contributed by atoms with Crippen LogP contribution in [0.2, 0.25) is 0 Å². The van der Waals surface area contributed by atoms with Crippen molar-refractivity contribution < 1.29 is 14.3 Å². The van der Waals surface area contributed by atoms with Gasteiger partial charge in [0, 0.05) is 17.4 Å². The zero-order valence-electron chi connectivity index (χ0n) is 10.4. The number of hydrogen-bond donors (Lipinski definition) is 2. The standard InChI is InChI=1S/C13H15BrN2O3/c14-9-5-6-11-10(8-9)16-12(19-11)4-2-1-3-7-15-13(17)18/h5-6,8,15H,1-4,7H2,(H,17,18). The molecule has 5 nitrogen and oxygen atoms in total. The second-order valence-electron chi connectivity index (χ2n) is 4.26. The normalized spacial score (nSPS) is 10.8. The van der Waals surface area contributed by atoms with Crippen LogP contribution >= 0.6 is 15.9 Å². The SMILES string of the molecule is O=C(O)NCCCCCc1nc2cc(Br)ccc2o1. The summed E-state index contributed by atoms with van der Waals surface area (Å²) in [5.41, 5.74) is 1.66. The first kappa shape index (κ1) is 13.9. The number of carbonyl (C=O) groups is 1. The Balaban J connectivity index is 1.77. The molecule has 0 aliphatic carbocycles. The second kappa shape index (κ2) is 6.56. The van der Waals surface area contributed by atoms with Gasteiger partial charge in [0.1, 0.15) is 5.52 Å². The highest BCUT2D eigenvalue weighted by atomic mass is 79.9. The summed E-state index contributed by atoms with van der Waals surface area (Å²) in [5.74, 6) is 0.735. The van der Waals surface area contributed by atoms with Crippen molar-refractivity contribution in [3.8, 4) is 0 Å². The molecule has 19 heavy (non-hydrogen) atoms. The molecule has 2 N–H and O–H groups in total. The Morgan fingerprint density at radius 1 is 1.37 bits per heavy atom. The van der Waals surface area contributed by atoms with E-state index in [1.54, 1.807) is 0 Å². The molecule has 1 amide bonds. The minimum atomic E-state index is -0.968. The van der Waals surface area contributed by atoms with E-state index in [9.17, 15) is 4.79 Å². The number of aryl methyl sites for hydroxylation is 1. The largest absolute Gasteiger partial charge is 0.465 e. The van der Waals surface area contributed by atoms with Crippen molar-refractivity contribution >= 4 is 33.1 Å². The molecule has 1 heterocycles. The monoisotopic (exact) mass is 326 g/mol. The maximum Gasteiger partial charge on any atom is 0.404 e. The molecule has 6 heteroatoms. The average molecular weight is 327 g/mol. The molecule has 0 unspecified atom stereocenters. The lowest BCUT2D eigenvalue weighted by molar-refractivity contribution is 0.194. The van der Waals surface area contributed by atoms with Crippen molar-refractivity contribution in [2.24, 2.45) is 0 Å². The predicted molar refractivity (Wildman–Crippen MR) is 75.3 cm³/mol. The fraction of sp³-hybridized carbons (Fsp3) is 0.385. The van der Waals surface area contributed by atoms with Gasteiger partial charge in [-0.1, -0.05) is 22.4 Å². The Morgan fingerprint density at radius 2 is 2.21 bits per heavy atom. The van der Waals surface area contributed by atoms with Gasteiger partial charge in [0.25, 0.3) is 0 Å². The number of nitrogens with zero attached hydrogens (tertiary/aromatic N) is 1. The van der Waals surface area contributed by atoms with Gasteiger partial charge in [0.05, 0.1) is 0 Å². The molecule has 1 aromatic heterocycles. The summed E-state index contributed by atoms with van der Waals surface area (Å²) < 4.78 is 6.61. The first-order chi connectivity index (χ1) is 9.15. The van der Waals surface area contributed by atoms with Crippen LogP contribution in [-0.2, 0) is 6.42 Å². The summed E-state index contributed by atoms with van der Waals surface area (Å²) in [6.45, 7) is 0.496. The van der Waals surface area contributed by atoms with Crippen molar-refractivity contribution in [2.45, 2.75) is 25.7 Å². The van der Waals surface area contributed by atoms with Gasteiger partial charge in [-0.2, -0.15) is 0 Å². The van der Waals surface area contributed by atoms with Gasteiger partial charge in [0.2, 0.25) is 0 Å². The van der Waals surface area contributed by atoms with E-state index in [1.165, 1.54) is 0 Å². The molecule has 0 saturated carbocycles. The quantitative estimate of drug-likeness (QED) is 0.795. The molecule has 102 valence electrons. The maximum absolute atomic E-state index is 10.2.